The van der Waals surface area contributed by atoms with Crippen LogP contribution in [-0.2, 0) is 9.47 Å². The van der Waals surface area contributed by atoms with Crippen LogP contribution in [0.25, 0.3) is 4.52 Å². The molecule has 0 radical (unpaired) electrons. The first-order valence-electron chi connectivity index (χ1n) is 5.35. The van der Waals surface area contributed by atoms with Crippen LogP contribution in [0.4, 0.5) is 0 Å². The van der Waals surface area contributed by atoms with E-state index in [1.807, 2.05) is 0 Å². The van der Waals surface area contributed by atoms with Gasteiger partial charge < -0.3 is 0 Å². The van der Waals surface area contributed by atoms with Crippen LogP contribution < -0.4 is 5.56 Å². The third-order valence-electron chi connectivity index (χ3n) is 2.28. The molecule has 7 nitrogen and oxygen atoms in total. The van der Waals surface area contributed by atoms with E-state index < -0.39 is 17.5 Å². The number of hydrogen-bond donors (Lipinski definition) is 0. The van der Waals surface area contributed by atoms with Gasteiger partial charge in [0.1, 0.15) is 0 Å². The zero-order chi connectivity index (χ0) is 14.0. The second kappa shape index (κ2) is 5.38. The van der Waals surface area contributed by atoms with Crippen molar-refractivity contribution in [1.29, 1.82) is 0 Å². The van der Waals surface area contributed by atoms with E-state index in [0.717, 1.165) is 6.07 Å². The number of rotatable bonds is 3. The summed E-state index contributed by atoms with van der Waals surface area (Å²) in [5, 5.41) is 0. The summed E-state index contributed by atoms with van der Waals surface area (Å²) >= 11 is -0.300. The van der Waals surface area contributed by atoms with Gasteiger partial charge in [-0.3, -0.25) is 0 Å². The summed E-state index contributed by atoms with van der Waals surface area (Å²) in [5.74, 6) is -1.25. The Hall–Kier alpha value is -1.92. The quantitative estimate of drug-likeness (QED) is 0.568. The molecular weight excluding hydrogens is 319 g/mol. The molecule has 0 unspecified atom stereocenters. The SMILES string of the molecule is CCOC(=O)c1c[se]c2nc(C(=O)OC)cc(=O)n12. The molecule has 0 amide bonds. The van der Waals surface area contributed by atoms with Crippen molar-refractivity contribution in [2.24, 2.45) is 0 Å². The Kier molecular flexibility index (Phi) is 3.82. The summed E-state index contributed by atoms with van der Waals surface area (Å²) in [4.78, 5) is 40.6. The molecule has 8 heteroatoms. The van der Waals surface area contributed by atoms with Crippen LogP contribution in [0.5, 0.6) is 0 Å². The van der Waals surface area contributed by atoms with Crippen LogP contribution in [0.1, 0.15) is 27.9 Å². The van der Waals surface area contributed by atoms with Crippen molar-refractivity contribution in [3.8, 4) is 0 Å². The standard InChI is InChI=1S/C11H10N2O5Se/c1-3-18-10(16)7-5-19-11-12-6(9(15)17-2)4-8(14)13(7)11/h4-5H,3H2,1-2H3. The Balaban J connectivity index is 2.59. The number of methoxy groups -OCH3 is 1. The summed E-state index contributed by atoms with van der Waals surface area (Å²) in [6, 6.07) is 1.05. The van der Waals surface area contributed by atoms with Crippen molar-refractivity contribution in [2.45, 2.75) is 6.92 Å². The zero-order valence-corrected chi connectivity index (χ0v) is 11.9. The van der Waals surface area contributed by atoms with E-state index in [1.54, 1.807) is 11.9 Å². The van der Waals surface area contributed by atoms with Gasteiger partial charge in [-0.05, 0) is 0 Å². The molecule has 0 saturated heterocycles. The molecule has 0 N–H and O–H groups in total. The summed E-state index contributed by atoms with van der Waals surface area (Å²) in [5.41, 5.74) is -0.394. The average molecular weight is 329 g/mol. The number of ether oxygens (including phenoxy) is 2. The molecule has 19 heavy (non-hydrogen) atoms. The predicted octanol–water partition coefficient (Wildman–Crippen LogP) is -0.285. The minimum atomic E-state index is -0.680. The Labute approximate surface area is 113 Å². The Morgan fingerprint density at radius 3 is 2.79 bits per heavy atom. The van der Waals surface area contributed by atoms with Gasteiger partial charge in [-0.15, -0.1) is 0 Å². The van der Waals surface area contributed by atoms with E-state index in [2.05, 4.69) is 9.72 Å². The van der Waals surface area contributed by atoms with Crippen molar-refractivity contribution in [1.82, 2.24) is 9.38 Å². The maximum absolute atomic E-state index is 11.9. The third-order valence-corrected chi connectivity index (χ3v) is 4.02. The summed E-state index contributed by atoms with van der Waals surface area (Å²) < 4.78 is 10.9. The molecule has 2 aromatic heterocycles. The second-order valence-electron chi connectivity index (χ2n) is 3.43. The van der Waals surface area contributed by atoms with Gasteiger partial charge in [-0.2, -0.15) is 0 Å². The Morgan fingerprint density at radius 1 is 1.42 bits per heavy atom. The van der Waals surface area contributed by atoms with E-state index in [4.69, 9.17) is 4.74 Å². The number of carbonyl (C=O) groups is 2. The molecule has 0 spiro atoms. The number of aromatic nitrogens is 2. The zero-order valence-electron chi connectivity index (χ0n) is 10.2. The van der Waals surface area contributed by atoms with Gasteiger partial charge in [0.15, 0.2) is 0 Å². The van der Waals surface area contributed by atoms with Gasteiger partial charge in [0, 0.05) is 0 Å². The molecule has 100 valence electrons. The first kappa shape index (κ1) is 13.5. The molecule has 0 fully saturated rings. The van der Waals surface area contributed by atoms with Gasteiger partial charge >= 0.3 is 113 Å². The first-order valence-corrected chi connectivity index (χ1v) is 7.19. The van der Waals surface area contributed by atoms with E-state index in [1.165, 1.54) is 11.5 Å². The fourth-order valence-corrected chi connectivity index (χ4v) is 3.29. The minimum absolute atomic E-state index is 0.0564. The van der Waals surface area contributed by atoms with E-state index >= 15 is 0 Å². The van der Waals surface area contributed by atoms with E-state index in [-0.39, 0.29) is 32.5 Å². The molecule has 2 rings (SSSR count). The second-order valence-corrected chi connectivity index (χ2v) is 5.19. The molecule has 2 aromatic rings. The average Bonchev–Trinajstić information content (AvgIpc) is 2.82. The monoisotopic (exact) mass is 330 g/mol. The van der Waals surface area contributed by atoms with Gasteiger partial charge in [-0.1, -0.05) is 0 Å². The van der Waals surface area contributed by atoms with Gasteiger partial charge in [0.2, 0.25) is 0 Å². The van der Waals surface area contributed by atoms with E-state index in [0.29, 0.717) is 4.52 Å². The van der Waals surface area contributed by atoms with Crippen LogP contribution in [0.2, 0.25) is 0 Å². The molecule has 0 aliphatic heterocycles. The van der Waals surface area contributed by atoms with Crippen molar-refractivity contribution < 1.29 is 19.1 Å². The Morgan fingerprint density at radius 2 is 2.16 bits per heavy atom. The first-order chi connectivity index (χ1) is 9.08. The Bertz CT molecular complexity index is 703. The number of nitrogens with zero attached hydrogens (tertiary/aromatic N) is 2. The predicted molar refractivity (Wildman–Crippen MR) is 65.7 cm³/mol. The fraction of sp³-hybridized carbons (Fsp3) is 0.273. The van der Waals surface area contributed by atoms with Crippen LogP contribution >= 0.6 is 0 Å². The summed E-state index contributed by atoms with van der Waals surface area (Å²) in [7, 11) is 1.21. The van der Waals surface area contributed by atoms with E-state index in [9.17, 15) is 14.4 Å². The molecule has 0 bridgehead atoms. The van der Waals surface area contributed by atoms with Crippen LogP contribution in [-0.4, -0.2) is 49.5 Å². The number of fused-ring (bicyclic) bond motifs is 1. The third kappa shape index (κ3) is 2.45. The summed E-state index contributed by atoms with van der Waals surface area (Å²) in [6.07, 6.45) is 0. The van der Waals surface area contributed by atoms with Crippen LogP contribution in [0.15, 0.2) is 15.8 Å². The van der Waals surface area contributed by atoms with Crippen molar-refractivity contribution >= 4 is 31.0 Å². The summed E-state index contributed by atoms with van der Waals surface area (Å²) in [6.45, 7) is 1.90. The van der Waals surface area contributed by atoms with Crippen LogP contribution in [0, 0.1) is 0 Å². The molecule has 2 heterocycles. The topological polar surface area (TPSA) is 87.0 Å². The molecule has 0 aliphatic carbocycles. The number of esters is 2. The van der Waals surface area contributed by atoms with Crippen molar-refractivity contribution in [2.75, 3.05) is 13.7 Å². The van der Waals surface area contributed by atoms with Crippen LogP contribution in [0.3, 0.4) is 0 Å². The van der Waals surface area contributed by atoms with Crippen molar-refractivity contribution in [3.05, 3.63) is 32.7 Å². The maximum atomic E-state index is 11.9. The normalized spacial score (nSPS) is 10.4. The number of hydrogen-bond acceptors (Lipinski definition) is 6. The van der Waals surface area contributed by atoms with Crippen molar-refractivity contribution in [3.63, 3.8) is 0 Å². The molecular formula is C11H10N2O5Se. The molecule has 0 atom stereocenters. The van der Waals surface area contributed by atoms with Gasteiger partial charge in [-0.25, -0.2) is 0 Å². The molecule has 0 aromatic carbocycles. The fourth-order valence-electron chi connectivity index (χ4n) is 1.48. The van der Waals surface area contributed by atoms with Gasteiger partial charge in [0.25, 0.3) is 0 Å². The van der Waals surface area contributed by atoms with Gasteiger partial charge in [0.05, 0.1) is 0 Å². The number of carbonyl (C=O) groups excluding carboxylic acids is 2. The molecule has 0 aliphatic rings. The molecule has 0 saturated carbocycles.